The predicted octanol–water partition coefficient (Wildman–Crippen LogP) is 3.78. The molecule has 2 heterocycles. The van der Waals surface area contributed by atoms with Gasteiger partial charge in [-0.1, -0.05) is 0 Å². The summed E-state index contributed by atoms with van der Waals surface area (Å²) in [6.45, 7) is 5.23. The third-order valence-electron chi connectivity index (χ3n) is 4.40. The minimum atomic E-state index is 0.683. The lowest BCUT2D eigenvalue weighted by atomic mass is 9.95. The second-order valence-corrected chi connectivity index (χ2v) is 7.70. The maximum absolute atomic E-state index is 4.66. The quantitative estimate of drug-likeness (QED) is 0.932. The first-order valence-electron chi connectivity index (χ1n) is 7.37. The molecule has 3 rings (SSSR count). The number of fused-ring (bicyclic) bond motifs is 1. The van der Waals surface area contributed by atoms with Crippen LogP contribution < -0.4 is 5.32 Å². The van der Waals surface area contributed by atoms with Crippen molar-refractivity contribution < 1.29 is 0 Å². The molecule has 1 saturated carbocycles. The largest absolute Gasteiger partial charge is 0.308 e. The zero-order valence-corrected chi connectivity index (χ0v) is 14.1. The number of thiazole rings is 1. The number of thioether (sulfide) groups is 1. The molecule has 0 spiro atoms. The number of imidazole rings is 1. The average molecular weight is 310 g/mol. The van der Waals surface area contributed by atoms with Gasteiger partial charge < -0.3 is 5.32 Å². The summed E-state index contributed by atoms with van der Waals surface area (Å²) in [5.74, 6) is 0. The van der Waals surface area contributed by atoms with Crippen molar-refractivity contribution in [1.29, 1.82) is 0 Å². The fraction of sp³-hybridized carbons (Fsp3) is 0.667. The zero-order chi connectivity index (χ0) is 14.1. The normalized spacial score (nSPS) is 23.6. The summed E-state index contributed by atoms with van der Waals surface area (Å²) in [6.07, 6.45) is 7.59. The molecular formula is C15H23N3S2. The third-order valence-corrected chi connectivity index (χ3v) is 6.48. The van der Waals surface area contributed by atoms with Gasteiger partial charge in [0.25, 0.3) is 0 Å². The third kappa shape index (κ3) is 2.76. The summed E-state index contributed by atoms with van der Waals surface area (Å²) < 4.78 is 2.31. The number of aryl methyl sites for hydroxylation is 2. The molecule has 0 amide bonds. The Balaban J connectivity index is 1.65. The van der Waals surface area contributed by atoms with Crippen LogP contribution in [0.5, 0.6) is 0 Å². The first-order valence-corrected chi connectivity index (χ1v) is 9.54. The Morgan fingerprint density at radius 3 is 2.80 bits per heavy atom. The molecule has 1 aliphatic rings. The summed E-state index contributed by atoms with van der Waals surface area (Å²) in [5, 5.41) is 6.83. The van der Waals surface area contributed by atoms with Gasteiger partial charge in [0.05, 0.1) is 11.4 Å². The average Bonchev–Trinajstić information content (AvgIpc) is 2.97. The fourth-order valence-electron chi connectivity index (χ4n) is 3.12. The van der Waals surface area contributed by atoms with Crippen LogP contribution in [-0.2, 0) is 6.54 Å². The minimum absolute atomic E-state index is 0.683. The smallest absolute Gasteiger partial charge is 0.194 e. The Labute approximate surface area is 129 Å². The number of aromatic nitrogens is 2. The van der Waals surface area contributed by atoms with E-state index in [-0.39, 0.29) is 0 Å². The molecule has 0 atom stereocenters. The highest BCUT2D eigenvalue weighted by Crippen LogP contribution is 2.27. The molecule has 3 nitrogen and oxygen atoms in total. The van der Waals surface area contributed by atoms with Crippen LogP contribution in [0.2, 0.25) is 0 Å². The second kappa shape index (κ2) is 6.08. The van der Waals surface area contributed by atoms with E-state index >= 15 is 0 Å². The summed E-state index contributed by atoms with van der Waals surface area (Å²) >= 11 is 3.77. The molecule has 1 aliphatic carbocycles. The van der Waals surface area contributed by atoms with Crippen molar-refractivity contribution in [3.8, 4) is 0 Å². The summed E-state index contributed by atoms with van der Waals surface area (Å²) in [6, 6.07) is 0.683. The topological polar surface area (TPSA) is 29.3 Å². The highest BCUT2D eigenvalue weighted by Gasteiger charge is 2.21. The van der Waals surface area contributed by atoms with Gasteiger partial charge in [0.1, 0.15) is 0 Å². The van der Waals surface area contributed by atoms with Crippen LogP contribution in [0, 0.1) is 13.8 Å². The van der Waals surface area contributed by atoms with Crippen LogP contribution >= 0.6 is 23.1 Å². The maximum Gasteiger partial charge on any atom is 0.194 e. The molecule has 0 saturated heterocycles. The van der Waals surface area contributed by atoms with Crippen LogP contribution in [0.25, 0.3) is 4.96 Å². The summed E-state index contributed by atoms with van der Waals surface area (Å²) in [7, 11) is 0. The molecule has 5 heteroatoms. The SMILES string of the molecule is CSC1CCC(NCc2c(C)nc3scc(C)n23)CC1. The molecule has 20 heavy (non-hydrogen) atoms. The zero-order valence-electron chi connectivity index (χ0n) is 12.5. The molecule has 1 fully saturated rings. The second-order valence-electron chi connectivity index (χ2n) is 5.73. The monoisotopic (exact) mass is 309 g/mol. The molecule has 2 aromatic rings. The lowest BCUT2D eigenvalue weighted by Crippen LogP contribution is -2.33. The van der Waals surface area contributed by atoms with Crippen LogP contribution in [0.15, 0.2) is 5.38 Å². The van der Waals surface area contributed by atoms with E-state index in [2.05, 4.69) is 40.2 Å². The summed E-state index contributed by atoms with van der Waals surface area (Å²) in [4.78, 5) is 5.79. The Morgan fingerprint density at radius 2 is 2.10 bits per heavy atom. The van der Waals surface area contributed by atoms with E-state index in [1.165, 1.54) is 42.8 Å². The number of hydrogen-bond acceptors (Lipinski definition) is 4. The van der Waals surface area contributed by atoms with Crippen molar-refractivity contribution >= 4 is 28.1 Å². The molecule has 0 radical (unpaired) electrons. The van der Waals surface area contributed by atoms with Gasteiger partial charge in [0.15, 0.2) is 4.96 Å². The molecule has 0 aromatic carbocycles. The minimum Gasteiger partial charge on any atom is -0.308 e. The Kier molecular flexibility index (Phi) is 4.38. The van der Waals surface area contributed by atoms with Crippen LogP contribution in [0.4, 0.5) is 0 Å². The number of rotatable bonds is 4. The Morgan fingerprint density at radius 1 is 1.35 bits per heavy atom. The molecule has 0 aliphatic heterocycles. The van der Waals surface area contributed by atoms with E-state index in [0.29, 0.717) is 6.04 Å². The van der Waals surface area contributed by atoms with Crippen molar-refractivity contribution in [2.45, 2.75) is 57.4 Å². The Bertz CT molecular complexity index is 579. The lowest BCUT2D eigenvalue weighted by molar-refractivity contribution is 0.376. The van der Waals surface area contributed by atoms with Gasteiger partial charge in [-0.25, -0.2) is 4.98 Å². The molecule has 0 unspecified atom stereocenters. The molecular weight excluding hydrogens is 286 g/mol. The number of hydrogen-bond donors (Lipinski definition) is 1. The fourth-order valence-corrected chi connectivity index (χ4v) is 4.79. The molecule has 1 N–H and O–H groups in total. The molecule has 0 bridgehead atoms. The van der Waals surface area contributed by atoms with Crippen LogP contribution in [0.1, 0.15) is 42.8 Å². The van der Waals surface area contributed by atoms with Gasteiger partial charge in [-0.2, -0.15) is 11.8 Å². The van der Waals surface area contributed by atoms with Crippen molar-refractivity contribution in [3.05, 3.63) is 22.5 Å². The van der Waals surface area contributed by atoms with Crippen molar-refractivity contribution in [2.24, 2.45) is 0 Å². The van der Waals surface area contributed by atoms with E-state index in [1.54, 1.807) is 11.3 Å². The molecule has 110 valence electrons. The van der Waals surface area contributed by atoms with E-state index in [0.717, 1.165) is 16.8 Å². The maximum atomic E-state index is 4.66. The highest BCUT2D eigenvalue weighted by molar-refractivity contribution is 7.99. The van der Waals surface area contributed by atoms with Gasteiger partial charge in [-0.05, 0) is 45.8 Å². The predicted molar refractivity (Wildman–Crippen MR) is 88.9 cm³/mol. The lowest BCUT2D eigenvalue weighted by Gasteiger charge is -2.28. The number of nitrogens with zero attached hydrogens (tertiary/aromatic N) is 2. The van der Waals surface area contributed by atoms with E-state index < -0.39 is 0 Å². The summed E-state index contributed by atoms with van der Waals surface area (Å²) in [5.41, 5.74) is 3.81. The van der Waals surface area contributed by atoms with Crippen molar-refractivity contribution in [2.75, 3.05) is 6.26 Å². The first kappa shape index (κ1) is 14.4. The van der Waals surface area contributed by atoms with Gasteiger partial charge in [0, 0.05) is 28.9 Å². The van der Waals surface area contributed by atoms with E-state index in [9.17, 15) is 0 Å². The highest BCUT2D eigenvalue weighted by atomic mass is 32.2. The van der Waals surface area contributed by atoms with Crippen LogP contribution in [0.3, 0.4) is 0 Å². The number of nitrogens with one attached hydrogen (secondary N) is 1. The van der Waals surface area contributed by atoms with Crippen molar-refractivity contribution in [3.63, 3.8) is 0 Å². The van der Waals surface area contributed by atoms with Crippen LogP contribution in [-0.4, -0.2) is 26.9 Å². The van der Waals surface area contributed by atoms with E-state index in [4.69, 9.17) is 0 Å². The first-order chi connectivity index (χ1) is 9.69. The Hall–Kier alpha value is -0.520. The van der Waals surface area contributed by atoms with Gasteiger partial charge in [-0.3, -0.25) is 4.40 Å². The van der Waals surface area contributed by atoms with Gasteiger partial charge in [-0.15, -0.1) is 11.3 Å². The standard InChI is InChI=1S/C15H23N3S2/c1-10-9-20-15-17-11(2)14(18(10)15)8-16-12-4-6-13(19-3)7-5-12/h9,12-13,16H,4-8H2,1-3H3. The van der Waals surface area contributed by atoms with Crippen molar-refractivity contribution in [1.82, 2.24) is 14.7 Å². The molecule has 2 aromatic heterocycles. The van der Waals surface area contributed by atoms with Gasteiger partial charge >= 0.3 is 0 Å². The van der Waals surface area contributed by atoms with E-state index in [1.807, 2.05) is 11.8 Å². The van der Waals surface area contributed by atoms with Gasteiger partial charge in [0.2, 0.25) is 0 Å².